The van der Waals surface area contributed by atoms with Crippen LogP contribution in [0.1, 0.15) is 24.5 Å². The molecule has 1 aromatic carbocycles. The van der Waals surface area contributed by atoms with Gasteiger partial charge in [0.25, 0.3) is 0 Å². The van der Waals surface area contributed by atoms with E-state index >= 15 is 0 Å². The molecular weight excluding hydrogens is 337 g/mol. The fourth-order valence-electron chi connectivity index (χ4n) is 1.64. The maximum Gasteiger partial charge on any atom is 0.194 e. The van der Waals surface area contributed by atoms with Crippen molar-refractivity contribution in [1.29, 1.82) is 0 Å². The van der Waals surface area contributed by atoms with Crippen molar-refractivity contribution in [3.63, 3.8) is 0 Å². The highest BCUT2D eigenvalue weighted by molar-refractivity contribution is 14.0. The van der Waals surface area contributed by atoms with Crippen LogP contribution < -0.4 is 11.1 Å². The second kappa shape index (κ2) is 7.98. The van der Waals surface area contributed by atoms with Gasteiger partial charge in [-0.2, -0.15) is 0 Å². The van der Waals surface area contributed by atoms with Crippen LogP contribution in [0.5, 0.6) is 0 Å². The van der Waals surface area contributed by atoms with Gasteiger partial charge in [0.1, 0.15) is 6.04 Å². The Bertz CT molecular complexity index is 440. The zero-order chi connectivity index (χ0) is 12.8. The van der Waals surface area contributed by atoms with Crippen LogP contribution >= 0.6 is 24.0 Å². The largest absolute Gasteiger partial charge is 0.370 e. The van der Waals surface area contributed by atoms with Gasteiger partial charge in [0.15, 0.2) is 5.96 Å². The van der Waals surface area contributed by atoms with Gasteiger partial charge in [-0.25, -0.2) is 4.99 Å². The third-order valence-corrected chi connectivity index (χ3v) is 2.37. The fraction of sp³-hybridized carbons (Fsp3) is 0.357. The number of aryl methyl sites for hydroxylation is 2. The summed E-state index contributed by atoms with van der Waals surface area (Å²) in [5.74, 6) is 2.94. The quantitative estimate of drug-likeness (QED) is 0.378. The predicted molar refractivity (Wildman–Crippen MR) is 89.5 cm³/mol. The normalized spacial score (nSPS) is 12.2. The molecule has 0 fully saturated rings. The van der Waals surface area contributed by atoms with Crippen molar-refractivity contribution < 1.29 is 0 Å². The van der Waals surface area contributed by atoms with Crippen molar-refractivity contribution in [2.24, 2.45) is 10.7 Å². The maximum absolute atomic E-state index is 5.80. The second-order valence-corrected chi connectivity index (χ2v) is 4.11. The van der Waals surface area contributed by atoms with Gasteiger partial charge in [-0.05, 0) is 43.5 Å². The van der Waals surface area contributed by atoms with Gasteiger partial charge in [-0.1, -0.05) is 18.9 Å². The maximum atomic E-state index is 5.80. The molecule has 3 nitrogen and oxygen atoms in total. The van der Waals surface area contributed by atoms with E-state index in [-0.39, 0.29) is 30.0 Å². The van der Waals surface area contributed by atoms with Gasteiger partial charge >= 0.3 is 0 Å². The summed E-state index contributed by atoms with van der Waals surface area (Å²) in [4.78, 5) is 4.22. The highest BCUT2D eigenvalue weighted by atomic mass is 127. The Morgan fingerprint density at radius 3 is 2.39 bits per heavy atom. The Balaban J connectivity index is 0.00000289. The molecule has 18 heavy (non-hydrogen) atoms. The summed E-state index contributed by atoms with van der Waals surface area (Å²) in [6.45, 7) is 6.07. The minimum Gasteiger partial charge on any atom is -0.370 e. The summed E-state index contributed by atoms with van der Waals surface area (Å²) < 4.78 is 0. The van der Waals surface area contributed by atoms with E-state index in [1.54, 1.807) is 0 Å². The first-order valence-corrected chi connectivity index (χ1v) is 5.70. The number of halogens is 1. The van der Waals surface area contributed by atoms with Crippen LogP contribution in [0.15, 0.2) is 23.2 Å². The van der Waals surface area contributed by atoms with Crippen LogP contribution in [0.4, 0.5) is 5.69 Å². The van der Waals surface area contributed by atoms with Crippen LogP contribution in [0.2, 0.25) is 0 Å². The van der Waals surface area contributed by atoms with Crippen LogP contribution in [-0.4, -0.2) is 12.0 Å². The third kappa shape index (κ3) is 5.41. The molecular formula is C14H20IN3. The zero-order valence-electron chi connectivity index (χ0n) is 11.0. The van der Waals surface area contributed by atoms with Gasteiger partial charge in [-0.15, -0.1) is 30.4 Å². The van der Waals surface area contributed by atoms with Crippen molar-refractivity contribution in [2.75, 3.05) is 5.32 Å². The number of nitrogens with zero attached hydrogens (tertiary/aromatic N) is 1. The molecule has 0 amide bonds. The smallest absolute Gasteiger partial charge is 0.194 e. The number of hydrogen-bond acceptors (Lipinski definition) is 1. The Morgan fingerprint density at radius 2 is 1.94 bits per heavy atom. The van der Waals surface area contributed by atoms with Crippen molar-refractivity contribution in [1.82, 2.24) is 0 Å². The average molecular weight is 357 g/mol. The lowest BCUT2D eigenvalue weighted by Gasteiger charge is -2.09. The first-order valence-electron chi connectivity index (χ1n) is 5.70. The lowest BCUT2D eigenvalue weighted by molar-refractivity contribution is 0.806. The van der Waals surface area contributed by atoms with E-state index in [2.05, 4.69) is 22.3 Å². The lowest BCUT2D eigenvalue weighted by Crippen LogP contribution is -2.24. The van der Waals surface area contributed by atoms with Crippen LogP contribution in [0.25, 0.3) is 0 Å². The summed E-state index contributed by atoms with van der Waals surface area (Å²) >= 11 is 0. The number of terminal acetylenes is 1. The summed E-state index contributed by atoms with van der Waals surface area (Å²) in [6, 6.07) is 5.99. The second-order valence-electron chi connectivity index (χ2n) is 4.11. The average Bonchev–Trinajstić information content (AvgIpc) is 2.24. The van der Waals surface area contributed by atoms with E-state index < -0.39 is 0 Å². The number of guanidine groups is 1. The van der Waals surface area contributed by atoms with E-state index in [4.69, 9.17) is 12.2 Å². The molecule has 0 bridgehead atoms. The molecule has 1 rings (SSSR count). The lowest BCUT2D eigenvalue weighted by atomic mass is 10.1. The molecule has 0 aromatic heterocycles. The molecule has 0 spiro atoms. The topological polar surface area (TPSA) is 50.4 Å². The molecule has 98 valence electrons. The van der Waals surface area contributed by atoms with Crippen molar-refractivity contribution in [3.05, 3.63) is 29.3 Å². The predicted octanol–water partition coefficient (Wildman–Crippen LogP) is 3.06. The standard InChI is InChI=1S/C14H19N3.HI/c1-5-12(6-2)16-14(15)17-13-8-10(3)7-11(4)9-13;/h1,7-9,12H,6H2,2-4H3,(H3,15,16,17);1H. The highest BCUT2D eigenvalue weighted by Gasteiger charge is 2.01. The number of rotatable bonds is 3. The minimum absolute atomic E-state index is 0. The van der Waals surface area contributed by atoms with Crippen LogP contribution in [0, 0.1) is 26.2 Å². The molecule has 1 unspecified atom stereocenters. The minimum atomic E-state index is -0.159. The molecule has 0 aliphatic rings. The molecule has 0 aliphatic carbocycles. The fourth-order valence-corrected chi connectivity index (χ4v) is 1.64. The Labute approximate surface area is 126 Å². The van der Waals surface area contributed by atoms with Gasteiger partial charge in [0.05, 0.1) is 0 Å². The van der Waals surface area contributed by atoms with Crippen molar-refractivity contribution in [3.8, 4) is 12.3 Å². The zero-order valence-corrected chi connectivity index (χ0v) is 13.4. The van der Waals surface area contributed by atoms with Crippen LogP contribution in [-0.2, 0) is 0 Å². The Kier molecular flexibility index (Phi) is 7.44. The molecule has 0 saturated heterocycles. The van der Waals surface area contributed by atoms with Gasteiger partial charge in [-0.3, -0.25) is 0 Å². The summed E-state index contributed by atoms with van der Waals surface area (Å²) in [5.41, 5.74) is 9.11. The van der Waals surface area contributed by atoms with Gasteiger partial charge < -0.3 is 11.1 Å². The van der Waals surface area contributed by atoms with E-state index in [0.717, 1.165) is 12.1 Å². The van der Waals surface area contributed by atoms with E-state index in [1.807, 2.05) is 32.9 Å². The SMILES string of the molecule is C#CC(CC)N=C(N)Nc1cc(C)cc(C)c1.I. The number of nitrogens with one attached hydrogen (secondary N) is 1. The molecule has 0 aliphatic heterocycles. The van der Waals surface area contributed by atoms with E-state index in [1.165, 1.54) is 11.1 Å². The summed E-state index contributed by atoms with van der Waals surface area (Å²) in [6.07, 6.45) is 6.12. The number of aliphatic imine (C=N–C) groups is 1. The van der Waals surface area contributed by atoms with Crippen molar-refractivity contribution >= 4 is 35.6 Å². The number of anilines is 1. The molecule has 0 saturated carbocycles. The Morgan fingerprint density at radius 1 is 1.39 bits per heavy atom. The third-order valence-electron chi connectivity index (χ3n) is 2.37. The molecule has 0 radical (unpaired) electrons. The van der Waals surface area contributed by atoms with Crippen molar-refractivity contribution in [2.45, 2.75) is 33.2 Å². The molecule has 3 N–H and O–H groups in total. The first kappa shape index (κ1) is 16.8. The molecule has 4 heteroatoms. The number of hydrogen-bond donors (Lipinski definition) is 2. The van der Waals surface area contributed by atoms with Crippen LogP contribution in [0.3, 0.4) is 0 Å². The first-order chi connectivity index (χ1) is 8.05. The van der Waals surface area contributed by atoms with E-state index in [0.29, 0.717) is 5.96 Å². The summed E-state index contributed by atoms with van der Waals surface area (Å²) in [5, 5.41) is 3.05. The van der Waals surface area contributed by atoms with Gasteiger partial charge in [0.2, 0.25) is 0 Å². The number of nitrogens with two attached hydrogens (primary N) is 1. The summed E-state index contributed by atoms with van der Waals surface area (Å²) in [7, 11) is 0. The van der Waals surface area contributed by atoms with E-state index in [9.17, 15) is 0 Å². The monoisotopic (exact) mass is 357 g/mol. The Hall–Kier alpha value is -1.22. The van der Waals surface area contributed by atoms with Gasteiger partial charge in [0, 0.05) is 5.69 Å². The molecule has 1 atom stereocenters. The highest BCUT2D eigenvalue weighted by Crippen LogP contribution is 2.13. The molecule has 0 heterocycles. The molecule has 1 aromatic rings. The number of benzene rings is 1.